The van der Waals surface area contributed by atoms with Gasteiger partial charge in [0, 0.05) is 6.20 Å². The lowest BCUT2D eigenvalue weighted by molar-refractivity contribution is -0.648. The number of allylic oxidation sites excluding steroid dienone is 1. The van der Waals surface area contributed by atoms with Crippen LogP contribution in [0, 0.1) is 11.3 Å². The predicted molar refractivity (Wildman–Crippen MR) is 78.5 cm³/mol. The number of nitrogen functional groups attached to an aromatic ring is 1. The van der Waals surface area contributed by atoms with Crippen molar-refractivity contribution >= 4 is 22.5 Å². The molecule has 6 nitrogen and oxygen atoms in total. The van der Waals surface area contributed by atoms with E-state index in [0.717, 1.165) is 0 Å². The van der Waals surface area contributed by atoms with Crippen LogP contribution in [0.15, 0.2) is 47.9 Å². The molecule has 0 aliphatic heterocycles. The minimum absolute atomic E-state index is 0.232. The maximum Gasteiger partial charge on any atom is 0.278 e. The van der Waals surface area contributed by atoms with Gasteiger partial charge in [-0.15, -0.1) is 0 Å². The van der Waals surface area contributed by atoms with Crippen LogP contribution in [0.1, 0.15) is 5.56 Å². The summed E-state index contributed by atoms with van der Waals surface area (Å²) < 4.78 is 3.06. The number of hydrogen-bond acceptors (Lipinski definition) is 4. The van der Waals surface area contributed by atoms with Gasteiger partial charge < -0.3 is 5.73 Å². The summed E-state index contributed by atoms with van der Waals surface area (Å²) in [4.78, 5) is 17.0. The molecule has 0 unspecified atom stereocenters. The second kappa shape index (κ2) is 4.72. The van der Waals surface area contributed by atoms with Crippen molar-refractivity contribution in [2.24, 2.45) is 0 Å². The Morgan fingerprint density at radius 2 is 2.33 bits per heavy atom. The Morgan fingerprint density at radius 3 is 3.05 bits per heavy atom. The Kier molecular flexibility index (Phi) is 2.88. The molecule has 0 fully saturated rings. The summed E-state index contributed by atoms with van der Waals surface area (Å²) in [5, 5.41) is 9.53. The fourth-order valence-corrected chi connectivity index (χ4v) is 2.30. The molecule has 0 saturated carbocycles. The Balaban J connectivity index is 2.59. The topological polar surface area (TPSA) is 88.1 Å². The predicted octanol–water partition coefficient (Wildman–Crippen LogP) is 0.775. The molecule has 102 valence electrons. The van der Waals surface area contributed by atoms with Crippen molar-refractivity contribution in [1.82, 2.24) is 9.38 Å². The number of fused-ring (bicyclic) bond motifs is 2. The maximum atomic E-state index is 12.6. The summed E-state index contributed by atoms with van der Waals surface area (Å²) in [5.41, 5.74) is 6.97. The van der Waals surface area contributed by atoms with Gasteiger partial charge in [-0.2, -0.15) is 5.26 Å². The molecule has 3 aromatic rings. The monoisotopic (exact) mass is 278 g/mol. The van der Waals surface area contributed by atoms with Gasteiger partial charge in [0.05, 0.1) is 6.54 Å². The van der Waals surface area contributed by atoms with Crippen LogP contribution in [-0.2, 0) is 6.54 Å². The van der Waals surface area contributed by atoms with Gasteiger partial charge >= 0.3 is 0 Å². The third kappa shape index (κ3) is 1.83. The van der Waals surface area contributed by atoms with Crippen LogP contribution >= 0.6 is 0 Å². The third-order valence-electron chi connectivity index (χ3n) is 3.29. The quantitative estimate of drug-likeness (QED) is 0.426. The number of nitriles is 1. The number of nitrogens with zero attached hydrogens (tertiary/aromatic N) is 4. The normalized spacial score (nSPS) is 10.6. The lowest BCUT2D eigenvalue weighted by Crippen LogP contribution is -2.40. The Labute approximate surface area is 120 Å². The molecule has 0 bridgehead atoms. The smallest absolute Gasteiger partial charge is 0.278 e. The zero-order valence-corrected chi connectivity index (χ0v) is 11.2. The Hall–Kier alpha value is -3.20. The molecule has 21 heavy (non-hydrogen) atoms. The lowest BCUT2D eigenvalue weighted by Gasteiger charge is -2.07. The molecular weight excluding hydrogens is 266 g/mol. The van der Waals surface area contributed by atoms with E-state index in [9.17, 15) is 10.1 Å². The molecule has 2 N–H and O–H groups in total. The largest absolute Gasteiger partial charge is 0.317 e. The first-order valence-corrected chi connectivity index (χ1v) is 6.31. The molecule has 0 aliphatic carbocycles. The second-order valence-electron chi connectivity index (χ2n) is 4.54. The van der Waals surface area contributed by atoms with E-state index in [1.807, 2.05) is 6.07 Å². The molecule has 6 heteroatoms. The van der Waals surface area contributed by atoms with E-state index in [2.05, 4.69) is 11.6 Å². The van der Waals surface area contributed by atoms with Crippen LogP contribution in [0.2, 0.25) is 0 Å². The van der Waals surface area contributed by atoms with E-state index in [1.54, 1.807) is 35.0 Å². The zero-order valence-electron chi connectivity index (χ0n) is 11.2. The summed E-state index contributed by atoms with van der Waals surface area (Å²) >= 11 is 0. The number of hydrogen-bond donors (Lipinski definition) is 1. The maximum absolute atomic E-state index is 12.6. The van der Waals surface area contributed by atoms with Crippen LogP contribution in [0.25, 0.3) is 16.7 Å². The Bertz CT molecular complexity index is 981. The molecule has 0 aromatic carbocycles. The van der Waals surface area contributed by atoms with Crippen molar-refractivity contribution in [3.63, 3.8) is 0 Å². The molecule has 0 aliphatic rings. The minimum atomic E-state index is -0.232. The SMILES string of the molecule is C=CC[n+]1c(N)c(C#N)cc2c(=O)n3ccccc3nc21. The number of rotatable bonds is 2. The summed E-state index contributed by atoms with van der Waals surface area (Å²) in [6.45, 7) is 4.04. The molecular formula is C15H12N5O+. The highest BCUT2D eigenvalue weighted by Crippen LogP contribution is 2.13. The van der Waals surface area contributed by atoms with Crippen LogP contribution in [0.3, 0.4) is 0 Å². The zero-order chi connectivity index (χ0) is 15.0. The van der Waals surface area contributed by atoms with Gasteiger partial charge in [0.1, 0.15) is 17.0 Å². The number of nitrogens with two attached hydrogens (primary N) is 1. The van der Waals surface area contributed by atoms with E-state index < -0.39 is 0 Å². The first-order chi connectivity index (χ1) is 10.2. The average molecular weight is 278 g/mol. The molecule has 3 heterocycles. The van der Waals surface area contributed by atoms with E-state index in [0.29, 0.717) is 23.2 Å². The number of pyridine rings is 2. The fourth-order valence-electron chi connectivity index (χ4n) is 2.30. The molecule has 0 atom stereocenters. The van der Waals surface area contributed by atoms with E-state index in [1.165, 1.54) is 10.5 Å². The van der Waals surface area contributed by atoms with Crippen molar-refractivity contribution in [3.05, 3.63) is 59.0 Å². The van der Waals surface area contributed by atoms with E-state index >= 15 is 0 Å². The molecule has 3 aromatic heterocycles. The van der Waals surface area contributed by atoms with Gasteiger partial charge in [-0.05, 0) is 18.2 Å². The van der Waals surface area contributed by atoms with Crippen molar-refractivity contribution in [3.8, 4) is 6.07 Å². The van der Waals surface area contributed by atoms with Gasteiger partial charge in [-0.3, -0.25) is 9.20 Å². The Morgan fingerprint density at radius 1 is 1.52 bits per heavy atom. The summed E-state index contributed by atoms with van der Waals surface area (Å²) in [5.74, 6) is 0.275. The number of aromatic nitrogens is 3. The first-order valence-electron chi connectivity index (χ1n) is 6.31. The van der Waals surface area contributed by atoms with E-state index in [-0.39, 0.29) is 16.9 Å². The van der Waals surface area contributed by atoms with E-state index in [4.69, 9.17) is 5.73 Å². The van der Waals surface area contributed by atoms with Gasteiger partial charge in [0.2, 0.25) is 11.5 Å². The first kappa shape index (κ1) is 12.8. The minimum Gasteiger partial charge on any atom is -0.317 e. The fraction of sp³-hybridized carbons (Fsp3) is 0.0667. The van der Waals surface area contributed by atoms with Gasteiger partial charge in [0.25, 0.3) is 11.2 Å². The van der Waals surface area contributed by atoms with Crippen molar-refractivity contribution in [2.45, 2.75) is 6.54 Å². The molecule has 3 rings (SSSR count). The van der Waals surface area contributed by atoms with Crippen molar-refractivity contribution in [2.75, 3.05) is 5.73 Å². The highest BCUT2D eigenvalue weighted by molar-refractivity contribution is 5.76. The molecule has 0 spiro atoms. The number of anilines is 1. The molecule has 0 saturated heterocycles. The summed E-state index contributed by atoms with van der Waals surface area (Å²) in [6.07, 6.45) is 3.29. The third-order valence-corrected chi connectivity index (χ3v) is 3.29. The van der Waals surface area contributed by atoms with Crippen LogP contribution in [0.4, 0.5) is 5.82 Å². The average Bonchev–Trinajstić information content (AvgIpc) is 2.51. The van der Waals surface area contributed by atoms with Crippen LogP contribution < -0.4 is 15.9 Å². The van der Waals surface area contributed by atoms with Gasteiger partial charge in [0.15, 0.2) is 0 Å². The van der Waals surface area contributed by atoms with Gasteiger partial charge in [-0.25, -0.2) is 4.57 Å². The highest BCUT2D eigenvalue weighted by atomic mass is 16.1. The second-order valence-corrected chi connectivity index (χ2v) is 4.54. The summed E-state index contributed by atoms with van der Waals surface area (Å²) in [6, 6.07) is 8.79. The van der Waals surface area contributed by atoms with Crippen LogP contribution in [0.5, 0.6) is 0 Å². The lowest BCUT2D eigenvalue weighted by atomic mass is 10.2. The van der Waals surface area contributed by atoms with Crippen LogP contribution in [-0.4, -0.2) is 9.38 Å². The van der Waals surface area contributed by atoms with Crippen molar-refractivity contribution < 1.29 is 4.57 Å². The highest BCUT2D eigenvalue weighted by Gasteiger charge is 2.19. The van der Waals surface area contributed by atoms with Crippen molar-refractivity contribution in [1.29, 1.82) is 5.26 Å². The molecule has 0 radical (unpaired) electrons. The van der Waals surface area contributed by atoms with Gasteiger partial charge in [-0.1, -0.05) is 23.7 Å². The standard InChI is InChI=1S/C15H11N5O/c1-2-6-20-13(17)10(9-16)8-11-14(20)18-12-5-3-4-7-19(12)15(11)21/h2-5,7-8,17H,1,6H2/p+1. The summed E-state index contributed by atoms with van der Waals surface area (Å²) in [7, 11) is 0. The molecule has 0 amide bonds.